The molecule has 1 aromatic rings. The predicted octanol–water partition coefficient (Wildman–Crippen LogP) is 3.99. The Kier molecular flexibility index (Phi) is 5.54. The third-order valence-electron chi connectivity index (χ3n) is 2.87. The molecule has 1 N–H and O–H groups in total. The number of aliphatic hydroxyl groups excluding tert-OH is 1. The van der Waals surface area contributed by atoms with E-state index in [2.05, 4.69) is 45.0 Å². The highest BCUT2D eigenvalue weighted by Gasteiger charge is 2.12. The number of benzene rings is 1. The van der Waals surface area contributed by atoms with E-state index in [9.17, 15) is 5.11 Å². The molecule has 0 saturated heterocycles. The van der Waals surface area contributed by atoms with Crippen LogP contribution in [0, 0.1) is 0 Å². The van der Waals surface area contributed by atoms with Crippen LogP contribution < -0.4 is 0 Å². The van der Waals surface area contributed by atoms with Gasteiger partial charge in [-0.1, -0.05) is 52.0 Å². The van der Waals surface area contributed by atoms with E-state index < -0.39 is 0 Å². The van der Waals surface area contributed by atoms with Gasteiger partial charge in [-0.2, -0.15) is 11.8 Å². The molecule has 0 fully saturated rings. The van der Waals surface area contributed by atoms with Crippen LogP contribution in [0.15, 0.2) is 24.3 Å². The van der Waals surface area contributed by atoms with Crippen LogP contribution in [0.5, 0.6) is 0 Å². The Morgan fingerprint density at radius 1 is 1.18 bits per heavy atom. The van der Waals surface area contributed by atoms with E-state index in [1.54, 1.807) is 11.8 Å². The summed E-state index contributed by atoms with van der Waals surface area (Å²) in [4.78, 5) is 0. The third kappa shape index (κ3) is 5.13. The Morgan fingerprint density at radius 2 is 1.76 bits per heavy atom. The van der Waals surface area contributed by atoms with Gasteiger partial charge in [0.1, 0.15) is 0 Å². The number of thioether (sulfide) groups is 1. The molecule has 0 aliphatic heterocycles. The Balaban J connectivity index is 2.46. The number of hydrogen-bond acceptors (Lipinski definition) is 2. The van der Waals surface area contributed by atoms with Crippen molar-refractivity contribution in [2.45, 2.75) is 51.4 Å². The van der Waals surface area contributed by atoms with Crippen LogP contribution in [-0.2, 0) is 11.2 Å². The summed E-state index contributed by atoms with van der Waals surface area (Å²) in [7, 11) is 0. The molecule has 0 heterocycles. The summed E-state index contributed by atoms with van der Waals surface area (Å²) in [6.07, 6.45) is 0.685. The monoisotopic (exact) mass is 252 g/mol. The summed E-state index contributed by atoms with van der Waals surface area (Å²) < 4.78 is 0. The molecule has 0 radical (unpaired) electrons. The Hall–Kier alpha value is -0.470. The molecule has 0 saturated carbocycles. The number of aliphatic hydroxyl groups is 1. The minimum Gasteiger partial charge on any atom is -0.392 e. The molecule has 1 atom stereocenters. The van der Waals surface area contributed by atoms with Crippen molar-refractivity contribution in [1.29, 1.82) is 0 Å². The lowest BCUT2D eigenvalue weighted by atomic mass is 9.87. The molecule has 0 bridgehead atoms. The quantitative estimate of drug-likeness (QED) is 0.855. The lowest BCUT2D eigenvalue weighted by molar-refractivity contribution is 0.195. The first-order chi connectivity index (χ1) is 7.93. The van der Waals surface area contributed by atoms with E-state index in [-0.39, 0.29) is 11.5 Å². The molecule has 17 heavy (non-hydrogen) atoms. The second-order valence-electron chi connectivity index (χ2n) is 5.52. The molecule has 0 aliphatic carbocycles. The topological polar surface area (TPSA) is 20.2 Å². The van der Waals surface area contributed by atoms with E-state index >= 15 is 0 Å². The summed E-state index contributed by atoms with van der Waals surface area (Å²) in [5.41, 5.74) is 2.94. The van der Waals surface area contributed by atoms with Crippen molar-refractivity contribution in [3.8, 4) is 0 Å². The minimum atomic E-state index is -0.158. The Morgan fingerprint density at radius 3 is 2.24 bits per heavy atom. The summed E-state index contributed by atoms with van der Waals surface area (Å²) in [6.45, 7) is 8.71. The van der Waals surface area contributed by atoms with E-state index in [0.717, 1.165) is 17.9 Å². The standard InChI is InChI=1S/C15H24OS/c1-5-14(16)11-17-10-12-6-8-13(9-7-12)15(2,3)4/h6-9,14,16H,5,10-11H2,1-4H3. The van der Waals surface area contributed by atoms with Gasteiger partial charge in [-0.05, 0) is 23.0 Å². The van der Waals surface area contributed by atoms with Gasteiger partial charge in [0.15, 0.2) is 0 Å². The highest BCUT2D eigenvalue weighted by Crippen LogP contribution is 2.23. The van der Waals surface area contributed by atoms with Crippen molar-refractivity contribution in [3.63, 3.8) is 0 Å². The fraction of sp³-hybridized carbons (Fsp3) is 0.600. The Labute approximate surface area is 110 Å². The molecule has 1 unspecified atom stereocenters. The van der Waals surface area contributed by atoms with E-state index in [1.165, 1.54) is 11.1 Å². The maximum Gasteiger partial charge on any atom is 0.0628 e. The molecule has 96 valence electrons. The zero-order valence-electron chi connectivity index (χ0n) is 11.4. The van der Waals surface area contributed by atoms with Crippen LogP contribution in [-0.4, -0.2) is 17.0 Å². The van der Waals surface area contributed by atoms with Crippen LogP contribution >= 0.6 is 11.8 Å². The minimum absolute atomic E-state index is 0.158. The van der Waals surface area contributed by atoms with Crippen molar-refractivity contribution in [1.82, 2.24) is 0 Å². The largest absolute Gasteiger partial charge is 0.392 e. The lowest BCUT2D eigenvalue weighted by Crippen LogP contribution is -2.10. The van der Waals surface area contributed by atoms with Gasteiger partial charge < -0.3 is 5.11 Å². The molecular formula is C15H24OS. The molecule has 0 aliphatic rings. The smallest absolute Gasteiger partial charge is 0.0628 e. The number of rotatable bonds is 5. The molecule has 0 amide bonds. The van der Waals surface area contributed by atoms with Gasteiger partial charge in [-0.15, -0.1) is 0 Å². The van der Waals surface area contributed by atoms with Crippen LogP contribution in [0.2, 0.25) is 0 Å². The predicted molar refractivity (Wildman–Crippen MR) is 77.6 cm³/mol. The average molecular weight is 252 g/mol. The fourth-order valence-electron chi connectivity index (χ4n) is 1.53. The first-order valence-electron chi connectivity index (χ1n) is 6.28. The van der Waals surface area contributed by atoms with Gasteiger partial charge >= 0.3 is 0 Å². The summed E-state index contributed by atoms with van der Waals surface area (Å²) in [5, 5.41) is 9.47. The molecule has 2 heteroatoms. The van der Waals surface area contributed by atoms with Gasteiger partial charge in [-0.3, -0.25) is 0 Å². The van der Waals surface area contributed by atoms with Gasteiger partial charge in [0.25, 0.3) is 0 Å². The molecule has 1 rings (SSSR count). The van der Waals surface area contributed by atoms with Gasteiger partial charge in [0.2, 0.25) is 0 Å². The molecule has 1 aromatic carbocycles. The molecule has 0 aromatic heterocycles. The maximum absolute atomic E-state index is 9.47. The molecule has 0 spiro atoms. The van der Waals surface area contributed by atoms with E-state index in [1.807, 2.05) is 6.92 Å². The fourth-order valence-corrected chi connectivity index (χ4v) is 2.59. The SMILES string of the molecule is CCC(O)CSCc1ccc(C(C)(C)C)cc1. The first-order valence-corrected chi connectivity index (χ1v) is 7.44. The zero-order valence-corrected chi connectivity index (χ0v) is 12.2. The second-order valence-corrected chi connectivity index (χ2v) is 6.55. The number of hydrogen-bond donors (Lipinski definition) is 1. The average Bonchev–Trinajstić information content (AvgIpc) is 2.28. The van der Waals surface area contributed by atoms with Gasteiger partial charge in [-0.25, -0.2) is 0 Å². The summed E-state index contributed by atoms with van der Waals surface area (Å²) in [5.74, 6) is 1.82. The normalized spacial score (nSPS) is 13.7. The van der Waals surface area contributed by atoms with Crippen molar-refractivity contribution in [2.75, 3.05) is 5.75 Å². The van der Waals surface area contributed by atoms with Crippen LogP contribution in [0.25, 0.3) is 0 Å². The van der Waals surface area contributed by atoms with Crippen molar-refractivity contribution in [3.05, 3.63) is 35.4 Å². The van der Waals surface area contributed by atoms with Crippen molar-refractivity contribution >= 4 is 11.8 Å². The molecular weight excluding hydrogens is 228 g/mol. The van der Waals surface area contributed by atoms with Gasteiger partial charge in [0.05, 0.1) is 6.10 Å². The van der Waals surface area contributed by atoms with Crippen LogP contribution in [0.3, 0.4) is 0 Å². The highest BCUT2D eigenvalue weighted by atomic mass is 32.2. The first kappa shape index (κ1) is 14.6. The van der Waals surface area contributed by atoms with Gasteiger partial charge in [0, 0.05) is 11.5 Å². The van der Waals surface area contributed by atoms with Crippen molar-refractivity contribution in [2.24, 2.45) is 0 Å². The Bertz CT molecular complexity index is 324. The highest BCUT2D eigenvalue weighted by molar-refractivity contribution is 7.98. The lowest BCUT2D eigenvalue weighted by Gasteiger charge is -2.19. The molecule has 1 nitrogen and oxygen atoms in total. The van der Waals surface area contributed by atoms with E-state index in [4.69, 9.17) is 0 Å². The second kappa shape index (κ2) is 6.46. The third-order valence-corrected chi connectivity index (χ3v) is 4.03. The summed E-state index contributed by atoms with van der Waals surface area (Å²) >= 11 is 1.80. The van der Waals surface area contributed by atoms with E-state index in [0.29, 0.717) is 0 Å². The van der Waals surface area contributed by atoms with Crippen molar-refractivity contribution < 1.29 is 5.11 Å². The van der Waals surface area contributed by atoms with Crippen LogP contribution in [0.4, 0.5) is 0 Å². The maximum atomic E-state index is 9.47. The summed E-state index contributed by atoms with van der Waals surface area (Å²) in [6, 6.07) is 8.83. The zero-order chi connectivity index (χ0) is 12.9. The van der Waals surface area contributed by atoms with Crippen LogP contribution in [0.1, 0.15) is 45.2 Å².